The molecular formula is C17H13BrN4O3S. The first-order valence-electron chi connectivity index (χ1n) is 7.61. The second-order valence-electron chi connectivity index (χ2n) is 5.42. The number of ether oxygens (including phenoxy) is 1. The van der Waals surface area contributed by atoms with Gasteiger partial charge in [0.2, 0.25) is 5.89 Å². The van der Waals surface area contributed by atoms with E-state index in [1.807, 2.05) is 31.2 Å². The summed E-state index contributed by atoms with van der Waals surface area (Å²) in [6.07, 6.45) is 0. The van der Waals surface area contributed by atoms with E-state index >= 15 is 0 Å². The van der Waals surface area contributed by atoms with Crippen molar-refractivity contribution in [3.63, 3.8) is 0 Å². The highest BCUT2D eigenvalue weighted by atomic mass is 79.9. The molecule has 7 nitrogen and oxygen atoms in total. The van der Waals surface area contributed by atoms with Crippen LogP contribution in [0.3, 0.4) is 0 Å². The summed E-state index contributed by atoms with van der Waals surface area (Å²) >= 11 is 4.42. The summed E-state index contributed by atoms with van der Waals surface area (Å²) < 4.78 is 17.1. The fourth-order valence-corrected chi connectivity index (χ4v) is 3.58. The zero-order chi connectivity index (χ0) is 18.1. The number of fused-ring (bicyclic) bond motifs is 1. The lowest BCUT2D eigenvalue weighted by atomic mass is 10.2. The molecule has 0 aliphatic rings. The van der Waals surface area contributed by atoms with Crippen LogP contribution in [0.5, 0.6) is 11.5 Å². The first-order valence-corrected chi connectivity index (χ1v) is 9.08. The number of aromatic nitrogens is 3. The Kier molecular flexibility index (Phi) is 4.48. The van der Waals surface area contributed by atoms with Gasteiger partial charge in [-0.25, -0.2) is 4.98 Å². The molecule has 2 aromatic heterocycles. The molecule has 0 radical (unpaired) electrons. The van der Waals surface area contributed by atoms with Crippen LogP contribution in [0.25, 0.3) is 21.7 Å². The molecule has 0 aliphatic carbocycles. The van der Waals surface area contributed by atoms with E-state index in [1.165, 1.54) is 11.3 Å². The molecule has 0 atom stereocenters. The van der Waals surface area contributed by atoms with E-state index in [2.05, 4.69) is 36.8 Å². The van der Waals surface area contributed by atoms with Gasteiger partial charge in [0.05, 0.1) is 11.8 Å². The Morgan fingerprint density at radius 2 is 1.92 bits per heavy atom. The van der Waals surface area contributed by atoms with Crippen molar-refractivity contribution in [3.8, 4) is 23.0 Å². The third-order valence-corrected chi connectivity index (χ3v) is 5.05. The lowest BCUT2D eigenvalue weighted by Gasteiger charge is -2.03. The summed E-state index contributed by atoms with van der Waals surface area (Å²) in [5, 5.41) is 11.8. The standard InChI is InChI=1S/C17H13BrN4O3S/c1-9-3-8-12-13(14(9)23-2)19-17(26-12)20-16-22-21-15(24-16)10-4-6-11(25-18)7-5-10/h3-8H,1-2H3,(H,19,20,22). The average molecular weight is 433 g/mol. The van der Waals surface area contributed by atoms with Crippen molar-refractivity contribution in [2.24, 2.45) is 0 Å². The van der Waals surface area contributed by atoms with Crippen molar-refractivity contribution >= 4 is 49.0 Å². The predicted molar refractivity (Wildman–Crippen MR) is 103 cm³/mol. The van der Waals surface area contributed by atoms with Crippen molar-refractivity contribution in [2.45, 2.75) is 6.92 Å². The van der Waals surface area contributed by atoms with Crippen molar-refractivity contribution in [3.05, 3.63) is 42.0 Å². The van der Waals surface area contributed by atoms with Crippen LogP contribution in [0, 0.1) is 6.92 Å². The molecule has 4 rings (SSSR count). The average Bonchev–Trinajstić information content (AvgIpc) is 3.29. The second kappa shape index (κ2) is 6.93. The second-order valence-corrected chi connectivity index (χ2v) is 6.77. The van der Waals surface area contributed by atoms with E-state index in [-0.39, 0.29) is 6.01 Å². The highest BCUT2D eigenvalue weighted by molar-refractivity contribution is 9.06. The summed E-state index contributed by atoms with van der Waals surface area (Å²) in [4.78, 5) is 4.58. The van der Waals surface area contributed by atoms with Gasteiger partial charge >= 0.3 is 6.01 Å². The Hall–Kier alpha value is -2.65. The quantitative estimate of drug-likeness (QED) is 0.469. The number of rotatable bonds is 5. The molecule has 0 unspecified atom stereocenters. The van der Waals surface area contributed by atoms with Crippen molar-refractivity contribution in [1.82, 2.24) is 15.2 Å². The number of hydrogen-bond acceptors (Lipinski definition) is 8. The van der Waals surface area contributed by atoms with E-state index < -0.39 is 0 Å². The largest absolute Gasteiger partial charge is 0.494 e. The van der Waals surface area contributed by atoms with Crippen LogP contribution in [0.1, 0.15) is 5.56 Å². The normalized spacial score (nSPS) is 10.9. The molecule has 0 bridgehead atoms. The minimum absolute atomic E-state index is 0.274. The third-order valence-electron chi connectivity index (χ3n) is 3.74. The van der Waals surface area contributed by atoms with Crippen LogP contribution >= 0.6 is 27.6 Å². The SMILES string of the molecule is COc1c(C)ccc2sc(Nc3nnc(-c4ccc(OBr)cc4)o3)nc12. The van der Waals surface area contributed by atoms with E-state index in [0.29, 0.717) is 16.8 Å². The zero-order valence-electron chi connectivity index (χ0n) is 13.8. The molecule has 0 spiro atoms. The summed E-state index contributed by atoms with van der Waals surface area (Å²) in [5.41, 5.74) is 2.64. The van der Waals surface area contributed by atoms with Gasteiger partial charge in [-0.3, -0.25) is 5.32 Å². The monoisotopic (exact) mass is 432 g/mol. The molecule has 9 heteroatoms. The van der Waals surface area contributed by atoms with Gasteiger partial charge in [0.15, 0.2) is 21.4 Å². The van der Waals surface area contributed by atoms with Gasteiger partial charge < -0.3 is 13.0 Å². The number of anilines is 2. The Labute approximate surface area is 161 Å². The molecule has 1 N–H and O–H groups in total. The lowest BCUT2D eigenvalue weighted by Crippen LogP contribution is -1.90. The van der Waals surface area contributed by atoms with Crippen LogP contribution in [-0.4, -0.2) is 22.3 Å². The van der Waals surface area contributed by atoms with Crippen molar-refractivity contribution in [1.29, 1.82) is 0 Å². The van der Waals surface area contributed by atoms with Crippen LogP contribution in [0.4, 0.5) is 11.1 Å². The number of nitrogens with one attached hydrogen (secondary N) is 1. The lowest BCUT2D eigenvalue weighted by molar-refractivity contribution is 0.416. The molecule has 26 heavy (non-hydrogen) atoms. The summed E-state index contributed by atoms with van der Waals surface area (Å²) in [6, 6.07) is 11.6. The van der Waals surface area contributed by atoms with Gasteiger partial charge in [-0.05, 0) is 42.8 Å². The molecule has 0 fully saturated rings. The molecule has 0 aliphatic heterocycles. The summed E-state index contributed by atoms with van der Waals surface area (Å²) in [7, 11) is 1.64. The molecule has 4 aromatic rings. The van der Waals surface area contributed by atoms with Gasteiger partial charge in [0.25, 0.3) is 0 Å². The number of halogens is 1. The van der Waals surface area contributed by atoms with Crippen LogP contribution in [0.2, 0.25) is 0 Å². The topological polar surface area (TPSA) is 82.3 Å². The number of methoxy groups -OCH3 is 1. The first-order chi connectivity index (χ1) is 12.7. The van der Waals surface area contributed by atoms with E-state index in [1.54, 1.807) is 19.2 Å². The summed E-state index contributed by atoms with van der Waals surface area (Å²) in [5.74, 6) is 1.86. The van der Waals surface area contributed by atoms with Crippen LogP contribution in [-0.2, 0) is 0 Å². The zero-order valence-corrected chi connectivity index (χ0v) is 16.2. The fraction of sp³-hybridized carbons (Fsp3) is 0.118. The number of hydrogen-bond donors (Lipinski definition) is 1. The van der Waals surface area contributed by atoms with Crippen LogP contribution < -0.4 is 13.9 Å². The van der Waals surface area contributed by atoms with E-state index in [4.69, 9.17) is 13.0 Å². The van der Waals surface area contributed by atoms with Crippen molar-refractivity contribution < 1.29 is 13.0 Å². The Balaban J connectivity index is 1.60. The number of benzene rings is 2. The minimum atomic E-state index is 0.274. The van der Waals surface area contributed by atoms with Gasteiger partial charge in [-0.15, -0.1) is 5.10 Å². The first kappa shape index (κ1) is 16.8. The molecule has 2 heterocycles. The fourth-order valence-electron chi connectivity index (χ4n) is 2.51. The Bertz CT molecular complexity index is 1060. The molecule has 0 amide bonds. The van der Waals surface area contributed by atoms with Crippen molar-refractivity contribution in [2.75, 3.05) is 12.4 Å². The highest BCUT2D eigenvalue weighted by Crippen LogP contribution is 2.35. The van der Waals surface area contributed by atoms with Gasteiger partial charge in [0, 0.05) is 5.56 Å². The summed E-state index contributed by atoms with van der Waals surface area (Å²) in [6.45, 7) is 1.99. The Morgan fingerprint density at radius 3 is 2.65 bits per heavy atom. The molecule has 0 saturated carbocycles. The molecule has 132 valence electrons. The van der Waals surface area contributed by atoms with Gasteiger partial charge in [-0.1, -0.05) is 22.5 Å². The van der Waals surface area contributed by atoms with Crippen LogP contribution in [0.15, 0.2) is 40.8 Å². The number of thiazole rings is 1. The Morgan fingerprint density at radius 1 is 1.12 bits per heavy atom. The van der Waals surface area contributed by atoms with E-state index in [9.17, 15) is 0 Å². The predicted octanol–water partition coefficient (Wildman–Crippen LogP) is 5.10. The number of aryl methyl sites for hydroxylation is 1. The minimum Gasteiger partial charge on any atom is -0.494 e. The maximum absolute atomic E-state index is 5.67. The maximum Gasteiger partial charge on any atom is 0.322 e. The highest BCUT2D eigenvalue weighted by Gasteiger charge is 2.14. The van der Waals surface area contributed by atoms with E-state index in [0.717, 1.165) is 27.1 Å². The smallest absolute Gasteiger partial charge is 0.322 e. The molecular weight excluding hydrogens is 420 g/mol. The van der Waals surface area contributed by atoms with Gasteiger partial charge in [-0.2, -0.15) is 0 Å². The van der Waals surface area contributed by atoms with Gasteiger partial charge in [0.1, 0.15) is 17.0 Å². The molecule has 2 aromatic carbocycles. The number of nitrogens with zero attached hydrogens (tertiary/aromatic N) is 3. The maximum atomic E-state index is 5.67. The third kappa shape index (κ3) is 3.11. The molecule has 0 saturated heterocycles.